The number of hydrogen-bond acceptors (Lipinski definition) is 3. The fraction of sp³-hybridized carbons (Fsp3) is 0.235. The second-order valence-corrected chi connectivity index (χ2v) is 4.69. The topological polar surface area (TPSA) is 45.0 Å². The van der Waals surface area contributed by atoms with E-state index in [1.165, 1.54) is 11.1 Å². The molecule has 1 unspecified atom stereocenters. The monoisotopic (exact) mass is 266 g/mol. The van der Waals surface area contributed by atoms with Crippen molar-refractivity contribution in [3.05, 3.63) is 59.7 Å². The van der Waals surface area contributed by atoms with Crippen LogP contribution in [0.5, 0.6) is 5.75 Å². The molecule has 0 aliphatic rings. The van der Waals surface area contributed by atoms with Crippen LogP contribution in [0.1, 0.15) is 24.1 Å². The molecule has 3 heteroatoms. The Bertz CT molecular complexity index is 599. The SMILES string of the molecule is Cc1ccccc1C(C)Nc1ccc(OCC#N)cc1. The predicted molar refractivity (Wildman–Crippen MR) is 80.8 cm³/mol. The number of nitrogens with zero attached hydrogens (tertiary/aromatic N) is 1. The van der Waals surface area contributed by atoms with E-state index in [0.717, 1.165) is 5.69 Å². The van der Waals surface area contributed by atoms with E-state index in [1.54, 1.807) is 0 Å². The molecule has 20 heavy (non-hydrogen) atoms. The number of anilines is 1. The first kappa shape index (κ1) is 14.0. The lowest BCUT2D eigenvalue weighted by Crippen LogP contribution is -2.08. The number of nitriles is 1. The second-order valence-electron chi connectivity index (χ2n) is 4.69. The molecule has 2 aromatic rings. The van der Waals surface area contributed by atoms with Gasteiger partial charge in [-0.15, -0.1) is 0 Å². The van der Waals surface area contributed by atoms with Crippen molar-refractivity contribution in [2.75, 3.05) is 11.9 Å². The number of benzene rings is 2. The van der Waals surface area contributed by atoms with Crippen LogP contribution in [0.2, 0.25) is 0 Å². The lowest BCUT2D eigenvalue weighted by Gasteiger charge is -2.18. The molecule has 102 valence electrons. The average molecular weight is 266 g/mol. The fourth-order valence-electron chi connectivity index (χ4n) is 2.16. The van der Waals surface area contributed by atoms with Crippen molar-refractivity contribution >= 4 is 5.69 Å². The molecule has 0 radical (unpaired) electrons. The molecule has 0 aromatic heterocycles. The van der Waals surface area contributed by atoms with Gasteiger partial charge in [0.15, 0.2) is 6.61 Å². The molecule has 0 bridgehead atoms. The van der Waals surface area contributed by atoms with Crippen molar-refractivity contribution in [3.8, 4) is 11.8 Å². The highest BCUT2D eigenvalue weighted by atomic mass is 16.5. The molecule has 0 aliphatic heterocycles. The summed E-state index contributed by atoms with van der Waals surface area (Å²) in [5.74, 6) is 0.709. The van der Waals surface area contributed by atoms with Gasteiger partial charge in [-0.25, -0.2) is 0 Å². The molecule has 0 aliphatic carbocycles. The smallest absolute Gasteiger partial charge is 0.174 e. The van der Waals surface area contributed by atoms with Crippen LogP contribution in [0, 0.1) is 18.3 Å². The molecule has 0 amide bonds. The summed E-state index contributed by atoms with van der Waals surface area (Å²) < 4.78 is 5.23. The number of rotatable bonds is 5. The predicted octanol–water partition coefficient (Wildman–Crippen LogP) is 4.07. The Kier molecular flexibility index (Phi) is 4.62. The van der Waals surface area contributed by atoms with Crippen LogP contribution in [-0.2, 0) is 0 Å². The standard InChI is InChI=1S/C17H18N2O/c1-13-5-3-4-6-17(13)14(2)19-15-7-9-16(10-8-15)20-12-11-18/h3-10,14,19H,12H2,1-2H3. The Morgan fingerprint density at radius 3 is 2.50 bits per heavy atom. The Morgan fingerprint density at radius 2 is 1.85 bits per heavy atom. The summed E-state index contributed by atoms with van der Waals surface area (Å²) in [5.41, 5.74) is 3.60. The molecule has 0 heterocycles. The van der Waals surface area contributed by atoms with Crippen LogP contribution in [0.25, 0.3) is 0 Å². The van der Waals surface area contributed by atoms with E-state index >= 15 is 0 Å². The minimum atomic E-state index is 0.0758. The van der Waals surface area contributed by atoms with Crippen LogP contribution in [-0.4, -0.2) is 6.61 Å². The highest BCUT2D eigenvalue weighted by Gasteiger charge is 2.07. The summed E-state index contributed by atoms with van der Waals surface area (Å²) in [6.07, 6.45) is 0. The van der Waals surface area contributed by atoms with Gasteiger partial charge in [0.05, 0.1) is 0 Å². The summed E-state index contributed by atoms with van der Waals surface area (Å²) >= 11 is 0. The minimum Gasteiger partial charge on any atom is -0.479 e. The van der Waals surface area contributed by atoms with E-state index in [-0.39, 0.29) is 12.6 Å². The Hall–Kier alpha value is -2.47. The summed E-state index contributed by atoms with van der Waals surface area (Å²) in [6, 6.07) is 18.2. The van der Waals surface area contributed by atoms with Gasteiger partial charge >= 0.3 is 0 Å². The summed E-state index contributed by atoms with van der Waals surface area (Å²) in [7, 11) is 0. The number of nitrogens with one attached hydrogen (secondary N) is 1. The summed E-state index contributed by atoms with van der Waals surface area (Å²) in [6.45, 7) is 4.33. The highest BCUT2D eigenvalue weighted by Crippen LogP contribution is 2.23. The van der Waals surface area contributed by atoms with Crippen molar-refractivity contribution in [1.29, 1.82) is 5.26 Å². The molecule has 2 aromatic carbocycles. The number of ether oxygens (including phenoxy) is 1. The molecule has 2 rings (SSSR count). The first-order valence-electron chi connectivity index (χ1n) is 6.62. The van der Waals surface area contributed by atoms with Gasteiger partial charge < -0.3 is 10.1 Å². The molecule has 3 nitrogen and oxygen atoms in total. The number of aryl methyl sites for hydroxylation is 1. The molecule has 0 saturated carbocycles. The van der Waals surface area contributed by atoms with Crippen molar-refractivity contribution < 1.29 is 4.74 Å². The lowest BCUT2D eigenvalue weighted by molar-refractivity contribution is 0.368. The minimum absolute atomic E-state index is 0.0758. The highest BCUT2D eigenvalue weighted by molar-refractivity contribution is 5.48. The molecule has 1 atom stereocenters. The first-order chi connectivity index (χ1) is 9.70. The van der Waals surface area contributed by atoms with E-state index in [0.29, 0.717) is 5.75 Å². The van der Waals surface area contributed by atoms with Crippen LogP contribution in [0.4, 0.5) is 5.69 Å². The third kappa shape index (κ3) is 3.52. The molecule has 0 fully saturated rings. The van der Waals surface area contributed by atoms with E-state index < -0.39 is 0 Å². The summed E-state index contributed by atoms with van der Waals surface area (Å²) in [5, 5.41) is 11.9. The number of hydrogen-bond donors (Lipinski definition) is 1. The van der Waals surface area contributed by atoms with Crippen LogP contribution in [0.3, 0.4) is 0 Å². The van der Waals surface area contributed by atoms with Crippen LogP contribution < -0.4 is 10.1 Å². The Labute approximate surface area is 119 Å². The van der Waals surface area contributed by atoms with Crippen molar-refractivity contribution in [2.45, 2.75) is 19.9 Å². The molecule has 0 saturated heterocycles. The zero-order valence-corrected chi connectivity index (χ0v) is 11.8. The molecule has 1 N–H and O–H groups in total. The van der Waals surface area contributed by atoms with Gasteiger partial charge in [-0.2, -0.15) is 5.26 Å². The zero-order valence-electron chi connectivity index (χ0n) is 11.8. The third-order valence-electron chi connectivity index (χ3n) is 3.20. The van der Waals surface area contributed by atoms with E-state index in [1.807, 2.05) is 36.4 Å². The second kappa shape index (κ2) is 6.63. The Morgan fingerprint density at radius 1 is 1.15 bits per heavy atom. The molecule has 0 spiro atoms. The van der Waals surface area contributed by atoms with Gasteiger partial charge in [0.1, 0.15) is 11.8 Å². The van der Waals surface area contributed by atoms with E-state index in [2.05, 4.69) is 37.4 Å². The molecular weight excluding hydrogens is 248 g/mol. The van der Waals surface area contributed by atoms with Crippen LogP contribution in [0.15, 0.2) is 48.5 Å². The largest absolute Gasteiger partial charge is 0.479 e. The fourth-order valence-corrected chi connectivity index (χ4v) is 2.16. The van der Waals surface area contributed by atoms with Crippen molar-refractivity contribution in [2.24, 2.45) is 0 Å². The zero-order chi connectivity index (χ0) is 14.4. The van der Waals surface area contributed by atoms with Crippen LogP contribution >= 0.6 is 0 Å². The van der Waals surface area contributed by atoms with Gasteiger partial charge in [0.25, 0.3) is 0 Å². The van der Waals surface area contributed by atoms with Gasteiger partial charge in [-0.3, -0.25) is 0 Å². The lowest BCUT2D eigenvalue weighted by atomic mass is 10.0. The maximum Gasteiger partial charge on any atom is 0.174 e. The maximum atomic E-state index is 8.47. The van der Waals surface area contributed by atoms with Gasteiger partial charge in [-0.1, -0.05) is 24.3 Å². The van der Waals surface area contributed by atoms with Gasteiger partial charge in [0, 0.05) is 11.7 Å². The first-order valence-corrected chi connectivity index (χ1v) is 6.62. The third-order valence-corrected chi connectivity index (χ3v) is 3.20. The van der Waals surface area contributed by atoms with Gasteiger partial charge in [-0.05, 0) is 49.2 Å². The van der Waals surface area contributed by atoms with E-state index in [9.17, 15) is 0 Å². The average Bonchev–Trinajstić information content (AvgIpc) is 2.47. The maximum absolute atomic E-state index is 8.47. The summed E-state index contributed by atoms with van der Waals surface area (Å²) in [4.78, 5) is 0. The van der Waals surface area contributed by atoms with Crippen molar-refractivity contribution in [1.82, 2.24) is 0 Å². The van der Waals surface area contributed by atoms with Gasteiger partial charge in [0.2, 0.25) is 0 Å². The quantitative estimate of drug-likeness (QED) is 0.887. The van der Waals surface area contributed by atoms with E-state index in [4.69, 9.17) is 10.00 Å². The Balaban J connectivity index is 2.03. The normalized spacial score (nSPS) is 11.4. The molecular formula is C17H18N2O. The van der Waals surface area contributed by atoms with Crippen molar-refractivity contribution in [3.63, 3.8) is 0 Å².